The second kappa shape index (κ2) is 4.82. The first-order valence-electron chi connectivity index (χ1n) is 4.45. The topological polar surface area (TPSA) is 50.4 Å². The lowest BCUT2D eigenvalue weighted by Crippen LogP contribution is -2.02. The Morgan fingerprint density at radius 3 is 2.92 bits per heavy atom. The number of hydrogen-bond acceptors (Lipinski definition) is 3. The van der Waals surface area contributed by atoms with E-state index in [1.54, 1.807) is 19.1 Å². The predicted octanol–water partition coefficient (Wildman–Crippen LogP) is 1.34. The van der Waals surface area contributed by atoms with Crippen molar-refractivity contribution in [1.29, 1.82) is 0 Å². The first-order chi connectivity index (χ1) is 6.18. The van der Waals surface area contributed by atoms with Gasteiger partial charge in [0.15, 0.2) is 0 Å². The molecule has 3 heteroatoms. The Morgan fingerprint density at radius 2 is 2.31 bits per heavy atom. The summed E-state index contributed by atoms with van der Waals surface area (Å²) in [5, 5.41) is 8.99. The molecule has 0 aromatic carbocycles. The van der Waals surface area contributed by atoms with Crippen LogP contribution in [-0.4, -0.2) is 11.2 Å². The van der Waals surface area contributed by atoms with Crippen LogP contribution in [0.4, 0.5) is 0 Å². The van der Waals surface area contributed by atoms with E-state index in [4.69, 9.17) is 9.52 Å². The van der Waals surface area contributed by atoms with Gasteiger partial charge in [0.1, 0.15) is 5.76 Å². The number of hydrogen-bond donors (Lipinski definition) is 1. The van der Waals surface area contributed by atoms with Crippen molar-refractivity contribution in [3.05, 3.63) is 34.4 Å². The normalized spacial score (nSPS) is 12.8. The van der Waals surface area contributed by atoms with Gasteiger partial charge in [-0.15, -0.1) is 0 Å². The van der Waals surface area contributed by atoms with Crippen molar-refractivity contribution in [3.63, 3.8) is 0 Å². The van der Waals surface area contributed by atoms with Crippen LogP contribution in [0, 0.1) is 0 Å². The molecule has 1 N–H and O–H groups in total. The summed E-state index contributed by atoms with van der Waals surface area (Å²) in [6.45, 7) is 1.75. The minimum atomic E-state index is -0.311. The second-order valence-corrected chi connectivity index (χ2v) is 3.15. The van der Waals surface area contributed by atoms with Gasteiger partial charge in [-0.2, -0.15) is 0 Å². The fraction of sp³-hybridized carbons (Fsp3) is 0.500. The van der Waals surface area contributed by atoms with Crippen LogP contribution in [-0.2, 0) is 6.42 Å². The van der Waals surface area contributed by atoms with Crippen LogP contribution in [0.15, 0.2) is 27.4 Å². The molecule has 0 unspecified atom stereocenters. The van der Waals surface area contributed by atoms with E-state index in [-0.39, 0.29) is 11.7 Å². The van der Waals surface area contributed by atoms with E-state index in [1.807, 2.05) is 0 Å². The molecule has 1 aromatic rings. The fourth-order valence-electron chi connectivity index (χ4n) is 1.14. The highest BCUT2D eigenvalue weighted by atomic mass is 16.4. The van der Waals surface area contributed by atoms with E-state index < -0.39 is 0 Å². The first-order valence-corrected chi connectivity index (χ1v) is 4.45. The molecule has 1 aromatic heterocycles. The van der Waals surface area contributed by atoms with Gasteiger partial charge in [-0.3, -0.25) is 0 Å². The quantitative estimate of drug-likeness (QED) is 0.764. The van der Waals surface area contributed by atoms with Crippen LogP contribution in [0.25, 0.3) is 0 Å². The van der Waals surface area contributed by atoms with E-state index in [2.05, 4.69) is 0 Å². The highest BCUT2D eigenvalue weighted by Crippen LogP contribution is 2.04. The van der Waals surface area contributed by atoms with Crippen LogP contribution in [0.2, 0.25) is 0 Å². The Labute approximate surface area is 77.0 Å². The van der Waals surface area contributed by atoms with E-state index in [9.17, 15) is 4.79 Å². The van der Waals surface area contributed by atoms with Gasteiger partial charge in [-0.05, 0) is 25.8 Å². The minimum absolute atomic E-state index is 0.282. The summed E-state index contributed by atoms with van der Waals surface area (Å²) in [5.74, 6) is 0.688. The monoisotopic (exact) mass is 182 g/mol. The highest BCUT2D eigenvalue weighted by Gasteiger charge is 1.99. The molecular formula is C10H14O3. The van der Waals surface area contributed by atoms with E-state index >= 15 is 0 Å². The van der Waals surface area contributed by atoms with Gasteiger partial charge in [0.05, 0.1) is 6.10 Å². The molecule has 13 heavy (non-hydrogen) atoms. The van der Waals surface area contributed by atoms with Crippen molar-refractivity contribution < 1.29 is 9.52 Å². The van der Waals surface area contributed by atoms with Crippen LogP contribution >= 0.6 is 0 Å². The van der Waals surface area contributed by atoms with Crippen LogP contribution in [0.5, 0.6) is 0 Å². The number of aryl methyl sites for hydroxylation is 1. The van der Waals surface area contributed by atoms with Crippen LogP contribution in [0.3, 0.4) is 0 Å². The van der Waals surface area contributed by atoms with Gasteiger partial charge >= 0.3 is 5.63 Å². The Balaban J connectivity index is 2.41. The SMILES string of the molecule is C[C@H](O)CCCc1cccc(=O)o1. The van der Waals surface area contributed by atoms with E-state index in [1.165, 1.54) is 6.07 Å². The van der Waals surface area contributed by atoms with Crippen molar-refractivity contribution >= 4 is 0 Å². The van der Waals surface area contributed by atoms with Gasteiger partial charge < -0.3 is 9.52 Å². The molecule has 0 fully saturated rings. The van der Waals surface area contributed by atoms with E-state index in [0.29, 0.717) is 12.2 Å². The third-order valence-corrected chi connectivity index (χ3v) is 1.79. The molecule has 0 aliphatic heterocycles. The third kappa shape index (κ3) is 3.90. The largest absolute Gasteiger partial charge is 0.428 e. The van der Waals surface area contributed by atoms with Crippen molar-refractivity contribution in [2.45, 2.75) is 32.3 Å². The summed E-state index contributed by atoms with van der Waals surface area (Å²) in [4.78, 5) is 10.8. The zero-order valence-corrected chi connectivity index (χ0v) is 7.69. The molecule has 0 saturated carbocycles. The van der Waals surface area contributed by atoms with Gasteiger partial charge in [0, 0.05) is 12.5 Å². The molecule has 0 saturated heterocycles. The van der Waals surface area contributed by atoms with Gasteiger partial charge in [-0.1, -0.05) is 6.07 Å². The Morgan fingerprint density at radius 1 is 1.54 bits per heavy atom. The molecule has 0 amide bonds. The molecule has 1 atom stereocenters. The standard InChI is InChI=1S/C10H14O3/c1-8(11)4-2-5-9-6-3-7-10(12)13-9/h3,6-8,11H,2,4-5H2,1H3/t8-/m0/s1. The van der Waals surface area contributed by atoms with Crippen LogP contribution in [0.1, 0.15) is 25.5 Å². The zero-order chi connectivity index (χ0) is 9.68. The van der Waals surface area contributed by atoms with Gasteiger partial charge in [0.2, 0.25) is 0 Å². The minimum Gasteiger partial charge on any atom is -0.428 e. The molecule has 72 valence electrons. The maximum atomic E-state index is 10.8. The zero-order valence-electron chi connectivity index (χ0n) is 7.69. The summed E-state index contributed by atoms with van der Waals surface area (Å²) in [7, 11) is 0. The molecule has 0 radical (unpaired) electrons. The predicted molar refractivity (Wildman–Crippen MR) is 49.6 cm³/mol. The van der Waals surface area contributed by atoms with Gasteiger partial charge in [0.25, 0.3) is 0 Å². The maximum Gasteiger partial charge on any atom is 0.335 e. The molecule has 1 heterocycles. The molecule has 0 aliphatic rings. The summed E-state index contributed by atoms with van der Waals surface area (Å²) < 4.78 is 4.92. The Bertz CT molecular complexity index is 301. The summed E-state index contributed by atoms with van der Waals surface area (Å²) in [5.41, 5.74) is -0.311. The van der Waals surface area contributed by atoms with Crippen molar-refractivity contribution in [2.75, 3.05) is 0 Å². The van der Waals surface area contributed by atoms with E-state index in [0.717, 1.165) is 12.8 Å². The van der Waals surface area contributed by atoms with Crippen molar-refractivity contribution in [1.82, 2.24) is 0 Å². The lowest BCUT2D eigenvalue weighted by Gasteiger charge is -2.02. The van der Waals surface area contributed by atoms with Gasteiger partial charge in [-0.25, -0.2) is 4.79 Å². The Hall–Kier alpha value is -1.09. The molecule has 0 bridgehead atoms. The average Bonchev–Trinajstić information content (AvgIpc) is 2.03. The molecule has 0 aliphatic carbocycles. The molecular weight excluding hydrogens is 168 g/mol. The average molecular weight is 182 g/mol. The van der Waals surface area contributed by atoms with Crippen molar-refractivity contribution in [3.8, 4) is 0 Å². The molecule has 0 spiro atoms. The maximum absolute atomic E-state index is 10.8. The Kier molecular flexibility index (Phi) is 3.71. The summed E-state index contributed by atoms with van der Waals surface area (Å²) in [6.07, 6.45) is 2.00. The highest BCUT2D eigenvalue weighted by molar-refractivity contribution is 4.99. The first kappa shape index (κ1) is 9.99. The van der Waals surface area contributed by atoms with Crippen LogP contribution < -0.4 is 5.63 Å². The molecule has 1 rings (SSSR count). The number of aliphatic hydroxyl groups excluding tert-OH is 1. The summed E-state index contributed by atoms with van der Waals surface area (Å²) in [6, 6.07) is 4.85. The number of rotatable bonds is 4. The van der Waals surface area contributed by atoms with Crippen molar-refractivity contribution in [2.24, 2.45) is 0 Å². The second-order valence-electron chi connectivity index (χ2n) is 3.15. The lowest BCUT2D eigenvalue weighted by atomic mass is 10.1. The summed E-state index contributed by atoms with van der Waals surface area (Å²) >= 11 is 0. The number of aliphatic hydroxyl groups is 1. The lowest BCUT2D eigenvalue weighted by molar-refractivity contribution is 0.181. The fourth-order valence-corrected chi connectivity index (χ4v) is 1.14. The smallest absolute Gasteiger partial charge is 0.335 e. The molecule has 3 nitrogen and oxygen atoms in total. The third-order valence-electron chi connectivity index (χ3n) is 1.79.